The first-order valence-electron chi connectivity index (χ1n) is 12.1. The van der Waals surface area contributed by atoms with E-state index in [4.69, 9.17) is 9.97 Å². The molecule has 7 nitrogen and oxygen atoms in total. The average molecular weight is 501 g/mol. The fourth-order valence-corrected chi connectivity index (χ4v) is 5.47. The molecule has 8 heteroatoms. The Balaban J connectivity index is 1.50. The zero-order chi connectivity index (χ0) is 25.2. The molecule has 1 aliphatic rings. The Morgan fingerprint density at radius 1 is 1.17 bits per heavy atom. The Bertz CT molecular complexity index is 1520. The number of nitrogens with zero attached hydrogens (tertiary/aromatic N) is 4. The largest absolute Gasteiger partial charge is 0.478 e. The number of aliphatic carboxylic acids is 1. The predicted molar refractivity (Wildman–Crippen MR) is 143 cm³/mol. The van der Waals surface area contributed by atoms with Crippen molar-refractivity contribution in [3.63, 3.8) is 0 Å². The maximum absolute atomic E-state index is 13.5. The van der Waals surface area contributed by atoms with Crippen LogP contribution in [-0.4, -0.2) is 32.0 Å². The van der Waals surface area contributed by atoms with Crippen LogP contribution in [0.25, 0.3) is 11.7 Å². The van der Waals surface area contributed by atoms with Gasteiger partial charge in [0.1, 0.15) is 11.5 Å². The zero-order valence-electron chi connectivity index (χ0n) is 20.3. The van der Waals surface area contributed by atoms with Gasteiger partial charge in [-0.2, -0.15) is 0 Å². The molecule has 0 bridgehead atoms. The highest BCUT2D eigenvalue weighted by Crippen LogP contribution is 2.26. The summed E-state index contributed by atoms with van der Waals surface area (Å²) in [6, 6.07) is 12.1. The van der Waals surface area contributed by atoms with E-state index < -0.39 is 5.97 Å². The average Bonchev–Trinajstić information content (AvgIpc) is 3.36. The summed E-state index contributed by atoms with van der Waals surface area (Å²) in [7, 11) is 0. The fourth-order valence-electron chi connectivity index (χ4n) is 4.51. The van der Waals surface area contributed by atoms with E-state index in [9.17, 15) is 14.7 Å². The molecule has 1 aliphatic heterocycles. The number of anilines is 1. The van der Waals surface area contributed by atoms with Crippen molar-refractivity contribution >= 4 is 34.8 Å². The van der Waals surface area contributed by atoms with E-state index in [-0.39, 0.29) is 11.1 Å². The highest BCUT2D eigenvalue weighted by Gasteiger charge is 2.22. The summed E-state index contributed by atoms with van der Waals surface area (Å²) in [4.78, 5) is 36.4. The molecule has 0 aliphatic carbocycles. The number of carboxylic acid groups (broad SMARTS) is 1. The van der Waals surface area contributed by atoms with E-state index in [0.717, 1.165) is 41.6 Å². The number of rotatable bonds is 7. The van der Waals surface area contributed by atoms with E-state index in [1.54, 1.807) is 17.5 Å². The number of aromatic nitrogens is 3. The molecule has 0 saturated carbocycles. The van der Waals surface area contributed by atoms with Crippen LogP contribution < -0.4 is 10.5 Å². The van der Waals surface area contributed by atoms with Crippen LogP contribution in [0.5, 0.6) is 0 Å². The summed E-state index contributed by atoms with van der Waals surface area (Å²) in [6.07, 6.45) is 6.56. The molecule has 0 saturated heterocycles. The first-order valence-corrected chi connectivity index (χ1v) is 13.0. The Kier molecular flexibility index (Phi) is 6.69. The van der Waals surface area contributed by atoms with Gasteiger partial charge in [0, 0.05) is 37.2 Å². The monoisotopic (exact) mass is 500 g/mol. The molecule has 4 aromatic rings. The van der Waals surface area contributed by atoms with Gasteiger partial charge in [0.25, 0.3) is 5.56 Å². The smallest absolute Gasteiger partial charge is 0.328 e. The van der Waals surface area contributed by atoms with Crippen molar-refractivity contribution < 1.29 is 9.90 Å². The highest BCUT2D eigenvalue weighted by atomic mass is 32.1. The van der Waals surface area contributed by atoms with Crippen molar-refractivity contribution in [2.75, 3.05) is 11.4 Å². The first kappa shape index (κ1) is 23.9. The summed E-state index contributed by atoms with van der Waals surface area (Å²) < 4.78 is 1.49. The van der Waals surface area contributed by atoms with Gasteiger partial charge in [0.2, 0.25) is 0 Å². The standard InChI is InChI=1S/C28H28N4O3S/c1-18(2)23-17-36-25(29-23)9-7-19-11-14-32-24(15-19)30-27(22(28(32)35)8-10-26(33)34)31-13-12-20-5-3-4-6-21(20)16-31/h3-6,8,10-11,14-15,17-18H,7,9,12-13,16H2,1-2H3,(H,33,34). The Labute approximate surface area is 213 Å². The second-order valence-electron chi connectivity index (χ2n) is 9.35. The normalized spacial score (nSPS) is 13.6. The van der Waals surface area contributed by atoms with Gasteiger partial charge < -0.3 is 10.0 Å². The van der Waals surface area contributed by atoms with E-state index in [2.05, 4.69) is 36.3 Å². The number of thiazole rings is 1. The summed E-state index contributed by atoms with van der Waals surface area (Å²) in [5.41, 5.74) is 5.24. The minimum Gasteiger partial charge on any atom is -0.478 e. The molecular weight excluding hydrogens is 472 g/mol. The fraction of sp³-hybridized carbons (Fsp3) is 0.286. The van der Waals surface area contributed by atoms with Crippen molar-refractivity contribution in [2.45, 2.75) is 45.6 Å². The minimum atomic E-state index is -1.10. The van der Waals surface area contributed by atoms with Crippen LogP contribution in [0.1, 0.15) is 52.7 Å². The molecule has 36 heavy (non-hydrogen) atoms. The highest BCUT2D eigenvalue weighted by molar-refractivity contribution is 7.09. The van der Waals surface area contributed by atoms with Gasteiger partial charge in [-0.15, -0.1) is 11.3 Å². The molecule has 3 aromatic heterocycles. The third-order valence-corrected chi connectivity index (χ3v) is 7.45. The van der Waals surface area contributed by atoms with Crippen LogP contribution in [0.4, 0.5) is 5.82 Å². The van der Waals surface area contributed by atoms with Crippen molar-refractivity contribution in [2.24, 2.45) is 0 Å². The number of pyridine rings is 1. The summed E-state index contributed by atoms with van der Waals surface area (Å²) in [6.45, 7) is 5.61. The predicted octanol–water partition coefficient (Wildman–Crippen LogP) is 4.72. The second kappa shape index (κ2) is 10.1. The van der Waals surface area contributed by atoms with Gasteiger partial charge in [0.05, 0.1) is 16.3 Å². The lowest BCUT2D eigenvalue weighted by atomic mass is 9.99. The molecule has 1 N–H and O–H groups in total. The van der Waals surface area contributed by atoms with Crippen molar-refractivity contribution in [1.82, 2.24) is 14.4 Å². The first-order chi connectivity index (χ1) is 17.4. The topological polar surface area (TPSA) is 87.8 Å². The van der Waals surface area contributed by atoms with Gasteiger partial charge >= 0.3 is 5.97 Å². The molecule has 0 radical (unpaired) electrons. The van der Waals surface area contributed by atoms with Crippen molar-refractivity contribution in [3.05, 3.63) is 97.4 Å². The Hall–Kier alpha value is -3.78. The lowest BCUT2D eigenvalue weighted by molar-refractivity contribution is -0.131. The van der Waals surface area contributed by atoms with Gasteiger partial charge in [-0.3, -0.25) is 9.20 Å². The number of aryl methyl sites for hydroxylation is 2. The summed E-state index contributed by atoms with van der Waals surface area (Å²) in [5, 5.41) is 12.4. The summed E-state index contributed by atoms with van der Waals surface area (Å²) >= 11 is 1.68. The lowest BCUT2D eigenvalue weighted by Gasteiger charge is -2.30. The summed E-state index contributed by atoms with van der Waals surface area (Å²) in [5.74, 6) is -0.172. The number of hydrogen-bond donors (Lipinski definition) is 1. The number of fused-ring (bicyclic) bond motifs is 2. The molecule has 5 rings (SSSR count). The van der Waals surface area contributed by atoms with Gasteiger partial charge in [-0.05, 0) is 53.7 Å². The number of benzene rings is 1. The van der Waals surface area contributed by atoms with E-state index in [0.29, 0.717) is 30.5 Å². The third-order valence-electron chi connectivity index (χ3n) is 6.52. The van der Waals surface area contributed by atoms with Crippen LogP contribution in [0, 0.1) is 0 Å². The molecule has 0 spiro atoms. The molecular formula is C28H28N4O3S. The Morgan fingerprint density at radius 2 is 1.97 bits per heavy atom. The minimum absolute atomic E-state index is 0.278. The number of hydrogen-bond acceptors (Lipinski definition) is 6. The van der Waals surface area contributed by atoms with Crippen molar-refractivity contribution in [1.29, 1.82) is 0 Å². The Morgan fingerprint density at radius 3 is 2.72 bits per heavy atom. The third kappa shape index (κ3) is 4.95. The van der Waals surface area contributed by atoms with E-state index in [1.807, 2.05) is 24.3 Å². The van der Waals surface area contributed by atoms with E-state index >= 15 is 0 Å². The quantitative estimate of drug-likeness (QED) is 0.370. The lowest BCUT2D eigenvalue weighted by Crippen LogP contribution is -2.34. The molecule has 4 heterocycles. The number of carboxylic acids is 1. The van der Waals surface area contributed by atoms with Crippen LogP contribution in [0.3, 0.4) is 0 Å². The van der Waals surface area contributed by atoms with Crippen LogP contribution in [-0.2, 0) is 30.6 Å². The van der Waals surface area contributed by atoms with Crippen molar-refractivity contribution in [3.8, 4) is 0 Å². The zero-order valence-corrected chi connectivity index (χ0v) is 21.2. The van der Waals surface area contributed by atoms with Crippen LogP contribution in [0.15, 0.2) is 58.8 Å². The second-order valence-corrected chi connectivity index (χ2v) is 10.3. The maximum atomic E-state index is 13.5. The van der Waals surface area contributed by atoms with Gasteiger partial charge in [-0.25, -0.2) is 14.8 Å². The SMILES string of the molecule is CC(C)c1csc(CCc2ccn3c(=O)c(C=CC(=O)O)c(N4CCc5ccccc5C4)nc3c2)n1. The van der Waals surface area contributed by atoms with Gasteiger partial charge in [-0.1, -0.05) is 38.1 Å². The molecule has 0 atom stereocenters. The maximum Gasteiger partial charge on any atom is 0.328 e. The van der Waals surface area contributed by atoms with Gasteiger partial charge in [0.15, 0.2) is 0 Å². The molecule has 1 aromatic carbocycles. The molecule has 0 fully saturated rings. The van der Waals surface area contributed by atoms with Crippen LogP contribution in [0.2, 0.25) is 0 Å². The van der Waals surface area contributed by atoms with Crippen LogP contribution >= 0.6 is 11.3 Å². The molecule has 184 valence electrons. The molecule has 0 unspecified atom stereocenters. The molecule has 0 amide bonds. The number of carbonyl (C=O) groups is 1. The van der Waals surface area contributed by atoms with E-state index in [1.165, 1.54) is 21.6 Å².